The number of nitrogens with zero attached hydrogens (tertiary/aromatic N) is 2. The Morgan fingerprint density at radius 2 is 1.95 bits per heavy atom. The van der Waals surface area contributed by atoms with Crippen molar-refractivity contribution in [1.82, 2.24) is 9.97 Å². The van der Waals surface area contributed by atoms with Gasteiger partial charge in [0.2, 0.25) is 5.28 Å². The molecule has 0 unspecified atom stereocenters. The summed E-state index contributed by atoms with van der Waals surface area (Å²) in [5, 5.41) is 0.376. The molecule has 9 heteroatoms. The Balaban J connectivity index is 2.35. The second-order valence-electron chi connectivity index (χ2n) is 3.39. The van der Waals surface area contributed by atoms with Gasteiger partial charge < -0.3 is 0 Å². The van der Waals surface area contributed by atoms with E-state index in [2.05, 4.69) is 30.6 Å². The third kappa shape index (κ3) is 3.56. The van der Waals surface area contributed by atoms with Crippen molar-refractivity contribution in [1.29, 1.82) is 0 Å². The molecule has 0 saturated carbocycles. The van der Waals surface area contributed by atoms with Gasteiger partial charge >= 0.3 is 0 Å². The highest BCUT2D eigenvalue weighted by Crippen LogP contribution is 2.26. The number of anilines is 1. The largest absolute Gasteiger partial charge is 0.263 e. The first-order chi connectivity index (χ1) is 8.88. The van der Waals surface area contributed by atoms with Crippen LogP contribution in [0.2, 0.25) is 10.3 Å². The fourth-order valence-electron chi connectivity index (χ4n) is 1.23. The van der Waals surface area contributed by atoms with Crippen LogP contribution in [-0.4, -0.2) is 18.4 Å². The molecule has 0 aliphatic heterocycles. The van der Waals surface area contributed by atoms with Gasteiger partial charge in [-0.15, -0.1) is 0 Å². The van der Waals surface area contributed by atoms with E-state index in [0.717, 1.165) is 0 Å². The minimum atomic E-state index is -3.76. The lowest BCUT2D eigenvalue weighted by atomic mass is 10.4. The Hall–Kier alpha value is -0.890. The summed E-state index contributed by atoms with van der Waals surface area (Å²) in [7, 11) is -3.76. The summed E-state index contributed by atoms with van der Waals surface area (Å²) < 4.78 is 27.0. The van der Waals surface area contributed by atoms with Gasteiger partial charge in [0.05, 0.1) is 9.92 Å². The lowest BCUT2D eigenvalue weighted by molar-refractivity contribution is 0.601. The molecule has 1 aromatic heterocycles. The molecule has 0 aliphatic rings. The summed E-state index contributed by atoms with van der Waals surface area (Å²) in [6.07, 6.45) is 1.35. The third-order valence-electron chi connectivity index (χ3n) is 2.07. The molecule has 2 aromatic rings. The Morgan fingerprint density at radius 1 is 1.21 bits per heavy atom. The SMILES string of the molecule is O=S(=O)(Nc1ccnc(Cl)n1)c1ccc(Cl)c(Br)c1. The zero-order valence-electron chi connectivity index (χ0n) is 9.14. The topological polar surface area (TPSA) is 72.0 Å². The summed E-state index contributed by atoms with van der Waals surface area (Å²) >= 11 is 14.6. The van der Waals surface area contributed by atoms with Crippen LogP contribution >= 0.6 is 39.1 Å². The van der Waals surface area contributed by atoms with E-state index in [0.29, 0.717) is 9.50 Å². The van der Waals surface area contributed by atoms with E-state index in [1.165, 1.54) is 30.5 Å². The van der Waals surface area contributed by atoms with Crippen molar-refractivity contribution in [3.8, 4) is 0 Å². The number of benzene rings is 1. The van der Waals surface area contributed by atoms with Crippen LogP contribution in [0.3, 0.4) is 0 Å². The summed E-state index contributed by atoms with van der Waals surface area (Å²) in [5.74, 6) is 0.0890. The van der Waals surface area contributed by atoms with E-state index < -0.39 is 10.0 Å². The molecule has 19 heavy (non-hydrogen) atoms. The average molecular weight is 383 g/mol. The van der Waals surface area contributed by atoms with Crippen molar-refractivity contribution in [3.63, 3.8) is 0 Å². The van der Waals surface area contributed by atoms with Crippen LogP contribution in [-0.2, 0) is 10.0 Å². The third-order valence-corrected chi connectivity index (χ3v) is 4.81. The molecule has 0 spiro atoms. The van der Waals surface area contributed by atoms with Crippen molar-refractivity contribution in [2.75, 3.05) is 4.72 Å². The smallest absolute Gasteiger partial charge is 0.263 e. The maximum absolute atomic E-state index is 12.1. The minimum absolute atomic E-state index is 0.0440. The molecule has 0 fully saturated rings. The average Bonchev–Trinajstić information content (AvgIpc) is 2.32. The number of hydrogen-bond donors (Lipinski definition) is 1. The lowest BCUT2D eigenvalue weighted by Gasteiger charge is -2.08. The van der Waals surface area contributed by atoms with E-state index in [9.17, 15) is 8.42 Å². The predicted molar refractivity (Wildman–Crippen MR) is 77.0 cm³/mol. The van der Waals surface area contributed by atoms with Gasteiger partial charge in [-0.25, -0.2) is 13.4 Å². The Morgan fingerprint density at radius 3 is 2.58 bits per heavy atom. The zero-order chi connectivity index (χ0) is 14.0. The van der Waals surface area contributed by atoms with Gasteiger partial charge in [-0.3, -0.25) is 4.72 Å². The van der Waals surface area contributed by atoms with E-state index in [4.69, 9.17) is 23.2 Å². The highest BCUT2D eigenvalue weighted by Gasteiger charge is 2.16. The molecular weight excluding hydrogens is 377 g/mol. The van der Waals surface area contributed by atoms with Crippen LogP contribution in [0.15, 0.2) is 39.8 Å². The first kappa shape index (κ1) is 14.5. The summed E-state index contributed by atoms with van der Waals surface area (Å²) in [6, 6.07) is 5.66. The number of sulfonamides is 1. The van der Waals surface area contributed by atoms with Gasteiger partial charge in [0.25, 0.3) is 10.0 Å². The molecule has 0 bridgehead atoms. The second kappa shape index (κ2) is 5.62. The van der Waals surface area contributed by atoms with Gasteiger partial charge in [0.15, 0.2) is 0 Å². The minimum Gasteiger partial charge on any atom is -0.263 e. The monoisotopic (exact) mass is 381 g/mol. The van der Waals surface area contributed by atoms with E-state index in [1.54, 1.807) is 0 Å². The van der Waals surface area contributed by atoms with Crippen LogP contribution in [0.25, 0.3) is 0 Å². The zero-order valence-corrected chi connectivity index (χ0v) is 13.1. The normalized spacial score (nSPS) is 11.3. The number of halogens is 3. The summed E-state index contributed by atoms with van der Waals surface area (Å²) in [4.78, 5) is 7.47. The van der Waals surface area contributed by atoms with Crippen LogP contribution in [0.1, 0.15) is 0 Å². The molecular formula is C10H6BrCl2N3O2S. The fraction of sp³-hybridized carbons (Fsp3) is 0. The standard InChI is InChI=1S/C10H6BrCl2N3O2S/c11-7-5-6(1-2-8(7)12)19(17,18)16-9-3-4-14-10(13)15-9/h1-5H,(H,14,15,16). The fourth-order valence-corrected chi connectivity index (χ4v) is 3.05. The van der Waals surface area contributed by atoms with Crippen molar-refractivity contribution in [2.24, 2.45) is 0 Å². The predicted octanol–water partition coefficient (Wildman–Crippen LogP) is 3.35. The molecule has 0 aliphatic carbocycles. The first-order valence-electron chi connectivity index (χ1n) is 4.85. The van der Waals surface area contributed by atoms with Crippen LogP contribution in [0, 0.1) is 0 Å². The molecule has 5 nitrogen and oxygen atoms in total. The molecule has 1 heterocycles. The number of rotatable bonds is 3. The summed E-state index contributed by atoms with van der Waals surface area (Å²) in [6.45, 7) is 0. The van der Waals surface area contributed by atoms with Crippen molar-refractivity contribution in [3.05, 3.63) is 45.2 Å². The van der Waals surface area contributed by atoms with Crippen molar-refractivity contribution < 1.29 is 8.42 Å². The van der Waals surface area contributed by atoms with E-state index >= 15 is 0 Å². The number of hydrogen-bond acceptors (Lipinski definition) is 4. The van der Waals surface area contributed by atoms with E-state index in [1.807, 2.05) is 0 Å². The molecule has 2 rings (SSSR count). The Kier molecular flexibility index (Phi) is 4.29. The molecule has 0 radical (unpaired) electrons. The van der Waals surface area contributed by atoms with Gasteiger partial charge in [-0.2, -0.15) is 4.98 Å². The maximum atomic E-state index is 12.1. The molecule has 0 saturated heterocycles. The van der Waals surface area contributed by atoms with Gasteiger partial charge in [-0.05, 0) is 51.8 Å². The van der Waals surface area contributed by atoms with Gasteiger partial charge in [0, 0.05) is 10.7 Å². The molecule has 0 atom stereocenters. The number of nitrogens with one attached hydrogen (secondary N) is 1. The van der Waals surface area contributed by atoms with Gasteiger partial charge in [-0.1, -0.05) is 11.6 Å². The molecule has 0 amide bonds. The van der Waals surface area contributed by atoms with Crippen LogP contribution < -0.4 is 4.72 Å². The first-order valence-corrected chi connectivity index (χ1v) is 7.88. The van der Waals surface area contributed by atoms with E-state index in [-0.39, 0.29) is 16.0 Å². The van der Waals surface area contributed by atoms with Crippen molar-refractivity contribution in [2.45, 2.75) is 4.90 Å². The second-order valence-corrected chi connectivity index (χ2v) is 6.67. The molecule has 100 valence electrons. The van der Waals surface area contributed by atoms with Gasteiger partial charge in [0.1, 0.15) is 5.82 Å². The number of aromatic nitrogens is 2. The lowest BCUT2D eigenvalue weighted by Crippen LogP contribution is -2.14. The Labute approximate surface area is 128 Å². The van der Waals surface area contributed by atoms with Crippen LogP contribution in [0.5, 0.6) is 0 Å². The Bertz CT molecular complexity index is 724. The van der Waals surface area contributed by atoms with Crippen LogP contribution in [0.4, 0.5) is 5.82 Å². The van der Waals surface area contributed by atoms with Crippen molar-refractivity contribution >= 4 is 55.0 Å². The highest BCUT2D eigenvalue weighted by atomic mass is 79.9. The summed E-state index contributed by atoms with van der Waals surface area (Å²) in [5.41, 5.74) is 0. The molecule has 1 aromatic carbocycles. The quantitative estimate of drug-likeness (QED) is 0.826. The highest BCUT2D eigenvalue weighted by molar-refractivity contribution is 9.10. The molecule has 1 N–H and O–H groups in total. The maximum Gasteiger partial charge on any atom is 0.263 e.